The highest BCUT2D eigenvalue weighted by molar-refractivity contribution is 5.74. The SMILES string of the molecule is CC1CC(=O)O[C@H]1CC(=O)O. The van der Waals surface area contributed by atoms with Crippen LogP contribution in [-0.2, 0) is 14.3 Å². The van der Waals surface area contributed by atoms with Crippen LogP contribution < -0.4 is 0 Å². The van der Waals surface area contributed by atoms with E-state index in [0.29, 0.717) is 6.42 Å². The molecule has 2 atom stereocenters. The van der Waals surface area contributed by atoms with Gasteiger partial charge in [-0.1, -0.05) is 6.92 Å². The lowest BCUT2D eigenvalue weighted by molar-refractivity contribution is -0.146. The van der Waals surface area contributed by atoms with E-state index < -0.39 is 12.1 Å². The van der Waals surface area contributed by atoms with Crippen molar-refractivity contribution in [1.29, 1.82) is 0 Å². The minimum absolute atomic E-state index is 0.0404. The van der Waals surface area contributed by atoms with Crippen LogP contribution in [0, 0.1) is 5.92 Å². The van der Waals surface area contributed by atoms with E-state index in [0.717, 1.165) is 0 Å². The van der Waals surface area contributed by atoms with Gasteiger partial charge in [0, 0.05) is 5.92 Å². The molecule has 0 amide bonds. The zero-order chi connectivity index (χ0) is 8.43. The molecular formula is C7H10O4. The van der Waals surface area contributed by atoms with Gasteiger partial charge < -0.3 is 9.84 Å². The Morgan fingerprint density at radius 3 is 2.82 bits per heavy atom. The Bertz CT molecular complexity index is 187. The Labute approximate surface area is 64.2 Å². The van der Waals surface area contributed by atoms with Crippen molar-refractivity contribution in [2.24, 2.45) is 5.92 Å². The molecule has 1 saturated heterocycles. The predicted octanol–water partition coefficient (Wildman–Crippen LogP) is 0.413. The van der Waals surface area contributed by atoms with Gasteiger partial charge in [0.25, 0.3) is 0 Å². The molecule has 0 aromatic heterocycles. The van der Waals surface area contributed by atoms with E-state index in [4.69, 9.17) is 9.84 Å². The summed E-state index contributed by atoms with van der Waals surface area (Å²) in [5.41, 5.74) is 0. The average Bonchev–Trinajstić information content (AvgIpc) is 2.09. The smallest absolute Gasteiger partial charge is 0.307 e. The van der Waals surface area contributed by atoms with Crippen molar-refractivity contribution in [2.75, 3.05) is 0 Å². The van der Waals surface area contributed by atoms with E-state index in [1.165, 1.54) is 0 Å². The second-order valence-corrected chi connectivity index (χ2v) is 2.81. The largest absolute Gasteiger partial charge is 0.481 e. The Morgan fingerprint density at radius 2 is 2.45 bits per heavy atom. The molecule has 1 unspecified atom stereocenters. The average molecular weight is 158 g/mol. The van der Waals surface area contributed by atoms with Crippen LogP contribution in [0.15, 0.2) is 0 Å². The fourth-order valence-corrected chi connectivity index (χ4v) is 1.14. The monoisotopic (exact) mass is 158 g/mol. The zero-order valence-electron chi connectivity index (χ0n) is 6.24. The number of ether oxygens (including phenoxy) is 1. The summed E-state index contributed by atoms with van der Waals surface area (Å²) in [5, 5.41) is 8.39. The molecule has 0 radical (unpaired) electrons. The molecule has 1 rings (SSSR count). The fraction of sp³-hybridized carbons (Fsp3) is 0.714. The van der Waals surface area contributed by atoms with Crippen LogP contribution in [-0.4, -0.2) is 23.1 Å². The van der Waals surface area contributed by atoms with Gasteiger partial charge in [0.2, 0.25) is 0 Å². The standard InChI is InChI=1S/C7H10O4/c1-4-2-7(10)11-5(4)3-6(8)9/h4-5H,2-3H2,1H3,(H,8,9)/t4?,5-/m0/s1. The van der Waals surface area contributed by atoms with Gasteiger partial charge in [-0.05, 0) is 0 Å². The highest BCUT2D eigenvalue weighted by Gasteiger charge is 2.32. The third-order valence-electron chi connectivity index (χ3n) is 1.78. The van der Waals surface area contributed by atoms with Gasteiger partial charge in [-0.25, -0.2) is 0 Å². The zero-order valence-corrected chi connectivity index (χ0v) is 6.24. The number of hydrogen-bond donors (Lipinski definition) is 1. The van der Waals surface area contributed by atoms with Crippen molar-refractivity contribution < 1.29 is 19.4 Å². The highest BCUT2D eigenvalue weighted by atomic mass is 16.6. The maximum Gasteiger partial charge on any atom is 0.307 e. The third kappa shape index (κ3) is 1.93. The number of rotatable bonds is 2. The van der Waals surface area contributed by atoms with Crippen LogP contribution in [0.3, 0.4) is 0 Å². The van der Waals surface area contributed by atoms with Crippen LogP contribution in [0.5, 0.6) is 0 Å². The predicted molar refractivity (Wildman–Crippen MR) is 35.9 cm³/mol. The fourth-order valence-electron chi connectivity index (χ4n) is 1.14. The van der Waals surface area contributed by atoms with E-state index in [-0.39, 0.29) is 18.3 Å². The molecule has 0 spiro atoms. The summed E-state index contributed by atoms with van der Waals surface area (Å²) < 4.78 is 4.76. The van der Waals surface area contributed by atoms with Gasteiger partial charge in [0.05, 0.1) is 12.8 Å². The molecule has 0 aliphatic carbocycles. The van der Waals surface area contributed by atoms with Crippen LogP contribution in [0.2, 0.25) is 0 Å². The van der Waals surface area contributed by atoms with E-state index >= 15 is 0 Å². The van der Waals surface area contributed by atoms with Crippen molar-refractivity contribution >= 4 is 11.9 Å². The first kappa shape index (κ1) is 8.04. The molecule has 1 heterocycles. The first-order valence-electron chi connectivity index (χ1n) is 3.51. The van der Waals surface area contributed by atoms with E-state index in [1.54, 1.807) is 0 Å². The number of aliphatic carboxylic acids is 1. The summed E-state index contributed by atoms with van der Waals surface area (Å²) >= 11 is 0. The molecule has 4 heteroatoms. The first-order chi connectivity index (χ1) is 5.09. The summed E-state index contributed by atoms with van der Waals surface area (Å²) in [6.07, 6.45) is -0.148. The topological polar surface area (TPSA) is 63.6 Å². The quantitative estimate of drug-likeness (QED) is 0.591. The van der Waals surface area contributed by atoms with E-state index in [1.807, 2.05) is 6.92 Å². The van der Waals surface area contributed by atoms with Gasteiger partial charge in [0.1, 0.15) is 6.10 Å². The minimum atomic E-state index is -0.920. The third-order valence-corrected chi connectivity index (χ3v) is 1.78. The second kappa shape index (κ2) is 2.90. The maximum absolute atomic E-state index is 10.6. The molecule has 4 nitrogen and oxygen atoms in total. The summed E-state index contributed by atoms with van der Waals surface area (Å²) in [4.78, 5) is 20.8. The molecule has 0 aromatic rings. The molecule has 0 saturated carbocycles. The number of carbonyl (C=O) groups is 2. The van der Waals surface area contributed by atoms with Crippen molar-refractivity contribution in [3.05, 3.63) is 0 Å². The second-order valence-electron chi connectivity index (χ2n) is 2.81. The lowest BCUT2D eigenvalue weighted by Crippen LogP contribution is -2.18. The molecular weight excluding hydrogens is 148 g/mol. The summed E-state index contributed by atoms with van der Waals surface area (Å²) in [5.74, 6) is -1.17. The molecule has 1 aliphatic rings. The van der Waals surface area contributed by atoms with Crippen molar-refractivity contribution in [2.45, 2.75) is 25.9 Å². The number of hydrogen-bond acceptors (Lipinski definition) is 3. The van der Waals surface area contributed by atoms with Crippen LogP contribution >= 0.6 is 0 Å². The van der Waals surface area contributed by atoms with Gasteiger partial charge in [-0.2, -0.15) is 0 Å². The van der Waals surface area contributed by atoms with Gasteiger partial charge >= 0.3 is 11.9 Å². The summed E-state index contributed by atoms with van der Waals surface area (Å²) in [6, 6.07) is 0. The normalized spacial score (nSPS) is 30.1. The molecule has 62 valence electrons. The van der Waals surface area contributed by atoms with Gasteiger partial charge in [-0.3, -0.25) is 9.59 Å². The van der Waals surface area contributed by atoms with Gasteiger partial charge in [0.15, 0.2) is 0 Å². The van der Waals surface area contributed by atoms with Crippen LogP contribution in [0.4, 0.5) is 0 Å². The Balaban J connectivity index is 2.46. The van der Waals surface area contributed by atoms with E-state index in [9.17, 15) is 9.59 Å². The summed E-state index contributed by atoms with van der Waals surface area (Å²) in [7, 11) is 0. The molecule has 1 fully saturated rings. The van der Waals surface area contributed by atoms with Gasteiger partial charge in [-0.15, -0.1) is 0 Å². The number of carboxylic acids is 1. The summed E-state index contributed by atoms with van der Waals surface area (Å²) in [6.45, 7) is 1.82. The van der Waals surface area contributed by atoms with Crippen molar-refractivity contribution in [3.8, 4) is 0 Å². The van der Waals surface area contributed by atoms with Crippen LogP contribution in [0.1, 0.15) is 19.8 Å². The maximum atomic E-state index is 10.6. The molecule has 1 aliphatic heterocycles. The molecule has 0 bridgehead atoms. The number of carboxylic acid groups (broad SMARTS) is 1. The minimum Gasteiger partial charge on any atom is -0.481 e. The Hall–Kier alpha value is -1.06. The van der Waals surface area contributed by atoms with Crippen LogP contribution in [0.25, 0.3) is 0 Å². The van der Waals surface area contributed by atoms with Crippen molar-refractivity contribution in [1.82, 2.24) is 0 Å². The van der Waals surface area contributed by atoms with Crippen molar-refractivity contribution in [3.63, 3.8) is 0 Å². The Kier molecular flexibility index (Phi) is 2.12. The lowest BCUT2D eigenvalue weighted by Gasteiger charge is -2.09. The Morgan fingerprint density at radius 1 is 1.82 bits per heavy atom. The lowest BCUT2D eigenvalue weighted by atomic mass is 10.0. The molecule has 11 heavy (non-hydrogen) atoms. The first-order valence-corrected chi connectivity index (χ1v) is 3.51. The number of carbonyl (C=O) groups excluding carboxylic acids is 1. The number of esters is 1. The number of cyclic esters (lactones) is 1. The van der Waals surface area contributed by atoms with E-state index in [2.05, 4.69) is 0 Å². The molecule has 1 N–H and O–H groups in total. The highest BCUT2D eigenvalue weighted by Crippen LogP contribution is 2.23. The molecule has 0 aromatic carbocycles.